The number of piperazine rings is 1. The zero-order valence-corrected chi connectivity index (χ0v) is 20.6. The third kappa shape index (κ3) is 5.41. The number of amides is 3. The van der Waals surface area contributed by atoms with Crippen molar-refractivity contribution in [3.05, 3.63) is 106 Å². The highest BCUT2D eigenvalue weighted by atomic mass is 32.2. The van der Waals surface area contributed by atoms with Crippen molar-refractivity contribution in [1.29, 1.82) is 0 Å². The van der Waals surface area contributed by atoms with Gasteiger partial charge in [-0.1, -0.05) is 36.4 Å². The van der Waals surface area contributed by atoms with Crippen molar-refractivity contribution in [3.8, 4) is 0 Å². The molecule has 6 nitrogen and oxygen atoms in total. The predicted octanol–water partition coefficient (Wildman–Crippen LogP) is 5.16. The van der Waals surface area contributed by atoms with Crippen LogP contribution in [-0.4, -0.2) is 53.0 Å². The maximum absolute atomic E-state index is 14.1. The molecule has 0 aliphatic carbocycles. The lowest BCUT2D eigenvalue weighted by molar-refractivity contribution is -0.123. The fourth-order valence-electron chi connectivity index (χ4n) is 4.36. The quantitative estimate of drug-likeness (QED) is 0.436. The van der Waals surface area contributed by atoms with Crippen molar-refractivity contribution >= 4 is 40.6 Å². The van der Waals surface area contributed by atoms with Crippen LogP contribution < -0.4 is 4.90 Å². The number of carbonyl (C=O) groups excluding carboxylic acids is 3. The van der Waals surface area contributed by atoms with Gasteiger partial charge in [-0.3, -0.25) is 19.3 Å². The van der Waals surface area contributed by atoms with Gasteiger partial charge in [-0.15, -0.1) is 0 Å². The minimum absolute atomic E-state index is 0.0552. The molecule has 0 bridgehead atoms. The molecule has 188 valence electrons. The molecule has 0 unspecified atom stereocenters. The van der Waals surface area contributed by atoms with Crippen LogP contribution >= 0.6 is 11.8 Å². The first-order chi connectivity index (χ1) is 17.9. The maximum Gasteiger partial charge on any atom is 0.293 e. The molecule has 0 spiro atoms. The Morgan fingerprint density at radius 2 is 1.62 bits per heavy atom. The van der Waals surface area contributed by atoms with Gasteiger partial charge in [0.05, 0.1) is 17.1 Å². The Kier molecular flexibility index (Phi) is 7.05. The summed E-state index contributed by atoms with van der Waals surface area (Å²) in [5, 5.41) is -0.402. The summed E-state index contributed by atoms with van der Waals surface area (Å²) in [4.78, 5) is 43.5. The minimum Gasteiger partial charge on any atom is -0.366 e. The van der Waals surface area contributed by atoms with E-state index in [2.05, 4.69) is 0 Å². The number of para-hydroxylation sites is 1. The average molecular weight is 520 g/mol. The summed E-state index contributed by atoms with van der Waals surface area (Å²) in [5.41, 5.74) is 2.28. The predicted molar refractivity (Wildman–Crippen MR) is 139 cm³/mol. The van der Waals surface area contributed by atoms with Crippen molar-refractivity contribution in [3.63, 3.8) is 0 Å². The molecule has 0 N–H and O–H groups in total. The van der Waals surface area contributed by atoms with Gasteiger partial charge >= 0.3 is 0 Å². The van der Waals surface area contributed by atoms with Gasteiger partial charge in [-0.25, -0.2) is 8.78 Å². The van der Waals surface area contributed by atoms with Crippen LogP contribution in [0.15, 0.2) is 77.7 Å². The first-order valence-electron chi connectivity index (χ1n) is 11.8. The van der Waals surface area contributed by atoms with E-state index in [1.165, 1.54) is 30.3 Å². The Bertz CT molecular complexity index is 1390. The lowest BCUT2D eigenvalue weighted by Crippen LogP contribution is -2.49. The van der Waals surface area contributed by atoms with E-state index >= 15 is 0 Å². The highest BCUT2D eigenvalue weighted by Gasteiger charge is 2.35. The number of carbonyl (C=O) groups is 3. The molecule has 2 heterocycles. The van der Waals surface area contributed by atoms with Gasteiger partial charge in [0.2, 0.25) is 0 Å². The first kappa shape index (κ1) is 24.7. The van der Waals surface area contributed by atoms with Crippen LogP contribution in [0, 0.1) is 11.6 Å². The number of nitrogens with zero attached hydrogens (tertiary/aromatic N) is 3. The minimum atomic E-state index is -0.430. The number of hydrogen-bond donors (Lipinski definition) is 0. The monoisotopic (exact) mass is 519 g/mol. The summed E-state index contributed by atoms with van der Waals surface area (Å²) in [7, 11) is 0. The number of imide groups is 1. The largest absolute Gasteiger partial charge is 0.366 e. The van der Waals surface area contributed by atoms with E-state index in [0.717, 1.165) is 16.7 Å². The lowest BCUT2D eigenvalue weighted by Gasteiger charge is -2.36. The van der Waals surface area contributed by atoms with E-state index in [-0.39, 0.29) is 29.0 Å². The molecule has 5 rings (SSSR count). The second kappa shape index (κ2) is 10.6. The normalized spacial score (nSPS) is 17.1. The van der Waals surface area contributed by atoms with Crippen LogP contribution in [-0.2, 0) is 11.3 Å². The van der Waals surface area contributed by atoms with Crippen molar-refractivity contribution in [2.45, 2.75) is 6.54 Å². The van der Waals surface area contributed by atoms with Gasteiger partial charge in [-0.2, -0.15) is 0 Å². The zero-order chi connectivity index (χ0) is 25.9. The summed E-state index contributed by atoms with van der Waals surface area (Å²) in [6.07, 6.45) is 1.60. The number of halogens is 2. The SMILES string of the molecule is O=C(c1cccc(/C=C2\SC(=O)N(Cc3ccc(F)cc3)C2=O)c1)N1CCN(c2ccccc2F)CC1. The summed E-state index contributed by atoms with van der Waals surface area (Å²) < 4.78 is 27.3. The van der Waals surface area contributed by atoms with Gasteiger partial charge in [-0.05, 0) is 65.4 Å². The van der Waals surface area contributed by atoms with Crippen LogP contribution in [0.2, 0.25) is 0 Å². The van der Waals surface area contributed by atoms with E-state index < -0.39 is 11.1 Å². The molecule has 0 aromatic heterocycles. The van der Waals surface area contributed by atoms with E-state index in [1.54, 1.807) is 53.4 Å². The van der Waals surface area contributed by atoms with Crippen molar-refractivity contribution in [2.24, 2.45) is 0 Å². The maximum atomic E-state index is 14.1. The van der Waals surface area contributed by atoms with Crippen LogP contribution in [0.1, 0.15) is 21.5 Å². The topological polar surface area (TPSA) is 60.9 Å². The highest BCUT2D eigenvalue weighted by molar-refractivity contribution is 8.18. The number of benzene rings is 3. The fourth-order valence-corrected chi connectivity index (χ4v) is 5.20. The first-order valence-corrected chi connectivity index (χ1v) is 12.6. The van der Waals surface area contributed by atoms with E-state index in [4.69, 9.17) is 0 Å². The van der Waals surface area contributed by atoms with E-state index in [1.807, 2.05) is 4.90 Å². The fraction of sp³-hybridized carbons (Fsp3) is 0.179. The molecular weight excluding hydrogens is 496 g/mol. The molecule has 2 aliphatic heterocycles. The average Bonchev–Trinajstić information content (AvgIpc) is 3.17. The lowest BCUT2D eigenvalue weighted by atomic mass is 10.1. The third-order valence-corrected chi connectivity index (χ3v) is 7.23. The molecule has 0 atom stereocenters. The molecule has 9 heteroatoms. The Morgan fingerprint density at radius 3 is 2.35 bits per heavy atom. The van der Waals surface area contributed by atoms with E-state index in [0.29, 0.717) is 48.6 Å². The Hall–Kier alpha value is -3.98. The molecular formula is C28H23F2N3O3S. The van der Waals surface area contributed by atoms with Crippen LogP contribution in [0.4, 0.5) is 19.3 Å². The van der Waals surface area contributed by atoms with Gasteiger partial charge in [0.15, 0.2) is 0 Å². The molecule has 2 aliphatic rings. The third-order valence-electron chi connectivity index (χ3n) is 6.32. The van der Waals surface area contributed by atoms with Gasteiger partial charge in [0.1, 0.15) is 11.6 Å². The summed E-state index contributed by atoms with van der Waals surface area (Å²) >= 11 is 0.834. The number of hydrogen-bond acceptors (Lipinski definition) is 5. The zero-order valence-electron chi connectivity index (χ0n) is 19.8. The summed E-state index contributed by atoms with van der Waals surface area (Å²) in [6.45, 7) is 2.01. The number of rotatable bonds is 5. The van der Waals surface area contributed by atoms with Gasteiger partial charge < -0.3 is 9.80 Å². The van der Waals surface area contributed by atoms with E-state index in [9.17, 15) is 23.2 Å². The molecule has 0 radical (unpaired) electrons. The van der Waals surface area contributed by atoms with Gasteiger partial charge in [0.25, 0.3) is 17.1 Å². The molecule has 3 aromatic carbocycles. The second-order valence-corrected chi connectivity index (χ2v) is 9.74. The molecule has 2 fully saturated rings. The van der Waals surface area contributed by atoms with Crippen molar-refractivity contribution < 1.29 is 23.2 Å². The van der Waals surface area contributed by atoms with Crippen LogP contribution in [0.5, 0.6) is 0 Å². The molecule has 2 saturated heterocycles. The molecule has 3 aromatic rings. The highest BCUT2D eigenvalue weighted by Crippen LogP contribution is 2.33. The Labute approximate surface area is 217 Å². The molecule has 0 saturated carbocycles. The van der Waals surface area contributed by atoms with Crippen LogP contribution in [0.3, 0.4) is 0 Å². The number of anilines is 1. The summed E-state index contributed by atoms with van der Waals surface area (Å²) in [6, 6.07) is 19.1. The second-order valence-electron chi connectivity index (χ2n) is 8.75. The van der Waals surface area contributed by atoms with Crippen molar-refractivity contribution in [2.75, 3.05) is 31.1 Å². The standard InChI is InChI=1S/C28H23F2N3O3S/c29-22-10-8-19(9-11-22)18-33-27(35)25(37-28(33)36)17-20-4-3-5-21(16-20)26(34)32-14-12-31(13-15-32)24-7-2-1-6-23(24)30/h1-11,16-17H,12-15,18H2/b25-17-. The Morgan fingerprint density at radius 1 is 0.892 bits per heavy atom. The molecule has 3 amide bonds. The van der Waals surface area contributed by atoms with Gasteiger partial charge in [0, 0.05) is 31.7 Å². The van der Waals surface area contributed by atoms with Crippen LogP contribution in [0.25, 0.3) is 6.08 Å². The molecule has 37 heavy (non-hydrogen) atoms. The number of thioether (sulfide) groups is 1. The van der Waals surface area contributed by atoms with Crippen molar-refractivity contribution in [1.82, 2.24) is 9.80 Å². The smallest absolute Gasteiger partial charge is 0.293 e. The summed E-state index contributed by atoms with van der Waals surface area (Å²) in [5.74, 6) is -1.25. The Balaban J connectivity index is 1.25.